The zero-order valence-electron chi connectivity index (χ0n) is 9.26. The molecule has 3 heteroatoms. The summed E-state index contributed by atoms with van der Waals surface area (Å²) in [6.07, 6.45) is 2.44. The number of halogens is 1. The molecule has 0 unspecified atom stereocenters. The summed E-state index contributed by atoms with van der Waals surface area (Å²) in [5, 5.41) is 2.98. The fourth-order valence-electron chi connectivity index (χ4n) is 2.34. The lowest BCUT2D eigenvalue weighted by molar-refractivity contribution is 0.0809. The summed E-state index contributed by atoms with van der Waals surface area (Å²) in [4.78, 5) is 0. The van der Waals surface area contributed by atoms with Crippen LogP contribution in [0.1, 0.15) is 17.5 Å². The van der Waals surface area contributed by atoms with Crippen molar-refractivity contribution in [3.05, 3.63) is 29.3 Å². The van der Waals surface area contributed by atoms with Crippen molar-refractivity contribution in [2.45, 2.75) is 24.9 Å². The summed E-state index contributed by atoms with van der Waals surface area (Å²) in [5.41, 5.74) is 1.54. The van der Waals surface area contributed by atoms with E-state index in [1.54, 1.807) is 0 Å². The van der Waals surface area contributed by atoms with Crippen molar-refractivity contribution in [1.29, 1.82) is 0 Å². The molecule has 2 aliphatic rings. The largest absolute Gasteiger partial charge is 0.493 e. The summed E-state index contributed by atoms with van der Waals surface area (Å²) in [6.45, 7) is 1.82. The van der Waals surface area contributed by atoms with E-state index in [2.05, 4.69) is 17.4 Å². The Morgan fingerprint density at radius 3 is 3.00 bits per heavy atom. The number of hydrogen-bond acceptors (Lipinski definition) is 2. The molecule has 0 bridgehead atoms. The van der Waals surface area contributed by atoms with Gasteiger partial charge < -0.3 is 10.1 Å². The van der Waals surface area contributed by atoms with E-state index in [4.69, 9.17) is 4.74 Å². The van der Waals surface area contributed by atoms with Crippen molar-refractivity contribution < 1.29 is 9.13 Å². The first-order valence-corrected chi connectivity index (χ1v) is 5.89. The van der Waals surface area contributed by atoms with Crippen LogP contribution in [0.25, 0.3) is 0 Å². The zero-order chi connectivity index (χ0) is 11.0. The number of alkyl halides is 1. The molecule has 16 heavy (non-hydrogen) atoms. The number of fused-ring (bicyclic) bond motifs is 1. The van der Waals surface area contributed by atoms with Crippen LogP contribution in [0.15, 0.2) is 18.2 Å². The molecule has 2 heterocycles. The zero-order valence-corrected chi connectivity index (χ0v) is 9.26. The minimum absolute atomic E-state index is 0.515. The van der Waals surface area contributed by atoms with Gasteiger partial charge in [-0.15, -0.1) is 0 Å². The van der Waals surface area contributed by atoms with E-state index in [0.29, 0.717) is 19.5 Å². The van der Waals surface area contributed by atoms with Gasteiger partial charge in [-0.3, -0.25) is 0 Å². The number of benzene rings is 1. The molecule has 2 aliphatic heterocycles. The first-order chi connectivity index (χ1) is 7.75. The van der Waals surface area contributed by atoms with Gasteiger partial charge in [0.05, 0.1) is 6.61 Å². The molecule has 0 aliphatic carbocycles. The lowest BCUT2D eigenvalue weighted by Crippen LogP contribution is -2.56. The second-order valence-electron chi connectivity index (χ2n) is 4.79. The Morgan fingerprint density at radius 1 is 1.38 bits per heavy atom. The molecule has 1 aromatic rings. The summed E-state index contributed by atoms with van der Waals surface area (Å²) in [5.74, 6) is 1.00. The molecule has 1 N–H and O–H groups in total. The standard InChI is InChI=1S/C13H16FNO/c14-13(8-15-9-13)5-3-10-1-2-12-11(7-10)4-6-16-12/h1-2,7,15H,3-6,8-9H2. The molecule has 0 atom stereocenters. The maximum Gasteiger partial charge on any atom is 0.136 e. The van der Waals surface area contributed by atoms with Crippen molar-refractivity contribution in [3.8, 4) is 5.75 Å². The molecule has 1 aromatic carbocycles. The van der Waals surface area contributed by atoms with Crippen molar-refractivity contribution >= 4 is 0 Å². The molecule has 0 saturated carbocycles. The van der Waals surface area contributed by atoms with E-state index < -0.39 is 5.67 Å². The molecule has 0 radical (unpaired) electrons. The van der Waals surface area contributed by atoms with E-state index in [-0.39, 0.29) is 0 Å². The third-order valence-corrected chi connectivity index (χ3v) is 3.50. The van der Waals surface area contributed by atoms with Crippen LogP contribution in [0.3, 0.4) is 0 Å². The molecule has 86 valence electrons. The summed E-state index contributed by atoms with van der Waals surface area (Å²) < 4.78 is 19.2. The average Bonchev–Trinajstić information content (AvgIpc) is 2.70. The van der Waals surface area contributed by atoms with E-state index in [9.17, 15) is 4.39 Å². The number of aryl methyl sites for hydroxylation is 1. The second-order valence-corrected chi connectivity index (χ2v) is 4.79. The SMILES string of the molecule is FC1(CCc2ccc3c(c2)CCO3)CNC1. The topological polar surface area (TPSA) is 21.3 Å². The van der Waals surface area contributed by atoms with Crippen LogP contribution in [0.2, 0.25) is 0 Å². The van der Waals surface area contributed by atoms with Gasteiger partial charge in [-0.05, 0) is 30.0 Å². The van der Waals surface area contributed by atoms with Crippen LogP contribution >= 0.6 is 0 Å². The van der Waals surface area contributed by atoms with Gasteiger partial charge in [0.15, 0.2) is 0 Å². The van der Waals surface area contributed by atoms with Crippen molar-refractivity contribution in [1.82, 2.24) is 5.32 Å². The van der Waals surface area contributed by atoms with Gasteiger partial charge in [-0.1, -0.05) is 12.1 Å². The Kier molecular flexibility index (Phi) is 2.36. The van der Waals surface area contributed by atoms with Crippen LogP contribution in [-0.4, -0.2) is 25.4 Å². The van der Waals surface area contributed by atoms with E-state index in [1.807, 2.05) is 6.07 Å². The summed E-state index contributed by atoms with van der Waals surface area (Å²) >= 11 is 0. The van der Waals surface area contributed by atoms with Gasteiger partial charge in [0.1, 0.15) is 11.4 Å². The van der Waals surface area contributed by atoms with Gasteiger partial charge in [-0.25, -0.2) is 4.39 Å². The quantitative estimate of drug-likeness (QED) is 0.841. The van der Waals surface area contributed by atoms with Crippen molar-refractivity contribution in [2.24, 2.45) is 0 Å². The van der Waals surface area contributed by atoms with Crippen molar-refractivity contribution in [3.63, 3.8) is 0 Å². The van der Waals surface area contributed by atoms with Gasteiger partial charge >= 0.3 is 0 Å². The predicted octanol–water partition coefficient (Wildman–Crippen LogP) is 1.87. The lowest BCUT2D eigenvalue weighted by Gasteiger charge is -2.35. The van der Waals surface area contributed by atoms with Crippen LogP contribution < -0.4 is 10.1 Å². The number of nitrogens with one attached hydrogen (secondary N) is 1. The number of hydrogen-bond donors (Lipinski definition) is 1. The number of rotatable bonds is 3. The molecule has 0 spiro atoms. The monoisotopic (exact) mass is 221 g/mol. The van der Waals surface area contributed by atoms with E-state index in [0.717, 1.165) is 25.2 Å². The average molecular weight is 221 g/mol. The Labute approximate surface area is 94.8 Å². The fraction of sp³-hybridized carbons (Fsp3) is 0.538. The minimum Gasteiger partial charge on any atom is -0.493 e. The van der Waals surface area contributed by atoms with Gasteiger partial charge in [0, 0.05) is 19.5 Å². The minimum atomic E-state index is -0.963. The van der Waals surface area contributed by atoms with Gasteiger partial charge in [0.25, 0.3) is 0 Å². The third kappa shape index (κ3) is 1.80. The lowest BCUT2D eigenvalue weighted by atomic mass is 9.91. The van der Waals surface area contributed by atoms with Gasteiger partial charge in [0.2, 0.25) is 0 Å². The first-order valence-electron chi connectivity index (χ1n) is 5.89. The van der Waals surface area contributed by atoms with Crippen LogP contribution in [0.5, 0.6) is 5.75 Å². The molecule has 0 amide bonds. The third-order valence-electron chi connectivity index (χ3n) is 3.50. The van der Waals surface area contributed by atoms with E-state index >= 15 is 0 Å². The Morgan fingerprint density at radius 2 is 2.25 bits per heavy atom. The normalized spacial score (nSPS) is 21.1. The van der Waals surface area contributed by atoms with Crippen LogP contribution in [-0.2, 0) is 12.8 Å². The Bertz CT molecular complexity index is 401. The second kappa shape index (κ2) is 3.74. The molecular weight excluding hydrogens is 205 g/mol. The van der Waals surface area contributed by atoms with Gasteiger partial charge in [-0.2, -0.15) is 0 Å². The molecule has 1 saturated heterocycles. The maximum atomic E-state index is 13.8. The molecule has 0 aromatic heterocycles. The highest BCUT2D eigenvalue weighted by Crippen LogP contribution is 2.28. The smallest absolute Gasteiger partial charge is 0.136 e. The summed E-state index contributed by atoms with van der Waals surface area (Å²) in [6, 6.07) is 6.24. The van der Waals surface area contributed by atoms with Crippen molar-refractivity contribution in [2.75, 3.05) is 19.7 Å². The highest BCUT2D eigenvalue weighted by atomic mass is 19.1. The molecule has 2 nitrogen and oxygen atoms in total. The summed E-state index contributed by atoms with van der Waals surface area (Å²) in [7, 11) is 0. The number of ether oxygens (including phenoxy) is 1. The maximum absolute atomic E-state index is 13.8. The van der Waals surface area contributed by atoms with Crippen LogP contribution in [0, 0.1) is 0 Å². The molecule has 1 fully saturated rings. The highest BCUT2D eigenvalue weighted by molar-refractivity contribution is 5.39. The predicted molar refractivity (Wildman–Crippen MR) is 60.7 cm³/mol. The first kappa shape index (κ1) is 10.1. The Balaban J connectivity index is 1.66. The van der Waals surface area contributed by atoms with Crippen LogP contribution in [0.4, 0.5) is 4.39 Å². The highest BCUT2D eigenvalue weighted by Gasteiger charge is 2.36. The van der Waals surface area contributed by atoms with E-state index in [1.165, 1.54) is 11.1 Å². The Hall–Kier alpha value is -1.09. The molecular formula is C13H16FNO. The fourth-order valence-corrected chi connectivity index (χ4v) is 2.34. The molecule has 3 rings (SSSR count).